The van der Waals surface area contributed by atoms with Crippen LogP contribution in [0.15, 0.2) is 29.2 Å². The first-order chi connectivity index (χ1) is 15.5. The predicted octanol–water partition coefficient (Wildman–Crippen LogP) is 9.12. The minimum atomic E-state index is -1.20. The van der Waals surface area contributed by atoms with Crippen LogP contribution in [0.5, 0.6) is 0 Å². The topological polar surface area (TPSA) is 13.1 Å². The summed E-state index contributed by atoms with van der Waals surface area (Å²) in [6.45, 7) is 5.78. The number of benzene rings is 2. The highest BCUT2D eigenvalue weighted by molar-refractivity contribution is 6.06. The van der Waals surface area contributed by atoms with Gasteiger partial charge in [0.2, 0.25) is 0 Å². The second-order valence-corrected chi connectivity index (χ2v) is 9.15. The molecular weight excluding hydrogens is 416 g/mol. The smallest absolute Gasteiger partial charge is 0.170 e. The fourth-order valence-electron chi connectivity index (χ4n) is 5.20. The lowest BCUT2D eigenvalue weighted by Gasteiger charge is -2.29. The molecule has 0 amide bonds. The van der Waals surface area contributed by atoms with Crippen LogP contribution < -0.4 is 0 Å². The average molecular weight is 447 g/mol. The molecule has 3 aromatic rings. The summed E-state index contributed by atoms with van der Waals surface area (Å²) in [5.41, 5.74) is 0.525. The third-order valence-electron chi connectivity index (χ3n) is 7.03. The van der Waals surface area contributed by atoms with E-state index in [0.29, 0.717) is 12.3 Å². The molecule has 32 heavy (non-hydrogen) atoms. The van der Waals surface area contributed by atoms with E-state index in [1.165, 1.54) is 37.8 Å². The lowest BCUT2D eigenvalue weighted by Crippen LogP contribution is -2.15. The summed E-state index contributed by atoms with van der Waals surface area (Å²) in [6.07, 6.45) is 10.8. The van der Waals surface area contributed by atoms with Crippen molar-refractivity contribution < 1.29 is 22.0 Å². The van der Waals surface area contributed by atoms with Crippen LogP contribution in [0.2, 0.25) is 0 Å². The number of rotatable bonds is 8. The molecule has 1 fully saturated rings. The highest BCUT2D eigenvalue weighted by atomic mass is 19.2. The molecule has 2 aromatic carbocycles. The van der Waals surface area contributed by atoms with E-state index < -0.39 is 23.3 Å². The van der Waals surface area contributed by atoms with Gasteiger partial charge in [-0.3, -0.25) is 0 Å². The van der Waals surface area contributed by atoms with Crippen molar-refractivity contribution >= 4 is 21.9 Å². The van der Waals surface area contributed by atoms with E-state index in [-0.39, 0.29) is 45.4 Å². The quantitative estimate of drug-likeness (QED) is 0.191. The summed E-state index contributed by atoms with van der Waals surface area (Å²) in [5, 5.41) is -0.649. The van der Waals surface area contributed by atoms with Crippen molar-refractivity contribution in [3.05, 3.63) is 59.2 Å². The molecule has 0 atom stereocenters. The third-order valence-corrected chi connectivity index (χ3v) is 7.03. The first-order valence-electron chi connectivity index (χ1n) is 11.8. The van der Waals surface area contributed by atoms with E-state index >= 15 is 8.78 Å². The molecule has 1 aromatic heterocycles. The summed E-state index contributed by atoms with van der Waals surface area (Å²) >= 11 is 0. The molecule has 5 heteroatoms. The van der Waals surface area contributed by atoms with Crippen LogP contribution in [0.1, 0.15) is 81.8 Å². The molecule has 1 saturated carbocycles. The number of hydrogen-bond donors (Lipinski definition) is 0. The minimum absolute atomic E-state index is 0.0352. The highest BCUT2D eigenvalue weighted by Crippen LogP contribution is 2.43. The van der Waals surface area contributed by atoms with E-state index in [0.717, 1.165) is 25.7 Å². The average Bonchev–Trinajstić information content (AvgIpc) is 3.17. The molecule has 0 unspecified atom stereocenters. The van der Waals surface area contributed by atoms with Crippen LogP contribution in [0.4, 0.5) is 17.6 Å². The van der Waals surface area contributed by atoms with Crippen LogP contribution >= 0.6 is 0 Å². The Balaban J connectivity index is 1.68. The van der Waals surface area contributed by atoms with E-state index in [2.05, 4.69) is 13.5 Å². The van der Waals surface area contributed by atoms with E-state index in [1.54, 1.807) is 6.08 Å². The van der Waals surface area contributed by atoms with E-state index in [9.17, 15) is 8.78 Å². The van der Waals surface area contributed by atoms with Crippen molar-refractivity contribution in [2.45, 2.75) is 77.0 Å². The van der Waals surface area contributed by atoms with Crippen molar-refractivity contribution in [1.29, 1.82) is 0 Å². The van der Waals surface area contributed by atoms with Gasteiger partial charge in [-0.15, -0.1) is 6.58 Å². The maximum absolute atomic E-state index is 15.1. The molecule has 4 rings (SSSR count). The van der Waals surface area contributed by atoms with Gasteiger partial charge in [-0.1, -0.05) is 38.7 Å². The Hall–Kier alpha value is -2.30. The summed E-state index contributed by atoms with van der Waals surface area (Å²) in [4.78, 5) is 0. The van der Waals surface area contributed by atoms with Gasteiger partial charge in [0.05, 0.1) is 10.8 Å². The largest absolute Gasteiger partial charge is 0.456 e. The molecule has 0 bridgehead atoms. The molecule has 0 radical (unpaired) electrons. The maximum Gasteiger partial charge on any atom is 0.170 e. The van der Waals surface area contributed by atoms with Gasteiger partial charge in [0.25, 0.3) is 0 Å². The number of unbranched alkanes of at least 4 members (excludes halogenated alkanes) is 2. The molecule has 1 aliphatic rings. The zero-order chi connectivity index (χ0) is 22.8. The maximum atomic E-state index is 15.1. The molecule has 1 heterocycles. The molecule has 172 valence electrons. The van der Waals surface area contributed by atoms with E-state index in [4.69, 9.17) is 4.42 Å². The van der Waals surface area contributed by atoms with Crippen LogP contribution in [0.25, 0.3) is 21.9 Å². The molecule has 0 N–H and O–H groups in total. The third kappa shape index (κ3) is 4.18. The summed E-state index contributed by atoms with van der Waals surface area (Å²) in [7, 11) is 0. The van der Waals surface area contributed by atoms with Crippen LogP contribution in [0, 0.1) is 29.2 Å². The van der Waals surface area contributed by atoms with Crippen molar-refractivity contribution in [2.75, 3.05) is 0 Å². The SMILES string of the molecule is C=CCCc1cc2oc3cc(C4CCC(CCCCC)CC4)c(F)c(F)c3c2c(F)c1F. The Morgan fingerprint density at radius 2 is 1.56 bits per heavy atom. The standard InChI is InChI=1S/C27H30F4O/c1-3-5-7-8-16-10-12-17(13-11-16)19-15-21-23(27(31)25(19)29)22-20(32-21)14-18(9-6-4-2)24(28)26(22)30/h4,14-17H,2-3,5-13H2,1H3. The van der Waals surface area contributed by atoms with Gasteiger partial charge in [0.1, 0.15) is 11.2 Å². The van der Waals surface area contributed by atoms with Gasteiger partial charge in [0.15, 0.2) is 23.3 Å². The molecule has 0 saturated heterocycles. The molecule has 0 spiro atoms. The minimum Gasteiger partial charge on any atom is -0.456 e. The Labute approximate surface area is 186 Å². The van der Waals surface area contributed by atoms with Gasteiger partial charge < -0.3 is 4.42 Å². The molecular formula is C27H30F4O. The Kier molecular flexibility index (Phi) is 6.92. The summed E-state index contributed by atoms with van der Waals surface area (Å²) < 4.78 is 65.3. The zero-order valence-corrected chi connectivity index (χ0v) is 18.6. The van der Waals surface area contributed by atoms with Crippen molar-refractivity contribution in [2.24, 2.45) is 5.92 Å². The first kappa shape index (κ1) is 22.9. The number of aryl methyl sites for hydroxylation is 1. The molecule has 1 nitrogen and oxygen atoms in total. The highest BCUT2D eigenvalue weighted by Gasteiger charge is 2.29. The fourth-order valence-corrected chi connectivity index (χ4v) is 5.20. The zero-order valence-electron chi connectivity index (χ0n) is 18.6. The normalized spacial score (nSPS) is 19.2. The number of hydrogen-bond acceptors (Lipinski definition) is 1. The van der Waals surface area contributed by atoms with Gasteiger partial charge in [0, 0.05) is 0 Å². The number of allylic oxidation sites excluding steroid dienone is 1. The summed E-state index contributed by atoms with van der Waals surface area (Å²) in [6, 6.07) is 2.88. The number of fused-ring (bicyclic) bond motifs is 3. The Morgan fingerprint density at radius 1 is 0.906 bits per heavy atom. The Morgan fingerprint density at radius 3 is 2.22 bits per heavy atom. The predicted molar refractivity (Wildman–Crippen MR) is 121 cm³/mol. The van der Waals surface area contributed by atoms with Gasteiger partial charge in [-0.25, -0.2) is 17.6 Å². The fraction of sp³-hybridized carbons (Fsp3) is 0.481. The van der Waals surface area contributed by atoms with Crippen LogP contribution in [0.3, 0.4) is 0 Å². The van der Waals surface area contributed by atoms with Crippen molar-refractivity contribution in [3.8, 4) is 0 Å². The second kappa shape index (κ2) is 9.68. The van der Waals surface area contributed by atoms with E-state index in [1.807, 2.05) is 0 Å². The van der Waals surface area contributed by atoms with Crippen molar-refractivity contribution in [3.63, 3.8) is 0 Å². The second-order valence-electron chi connectivity index (χ2n) is 9.15. The monoisotopic (exact) mass is 446 g/mol. The molecule has 1 aliphatic carbocycles. The van der Waals surface area contributed by atoms with Crippen LogP contribution in [-0.2, 0) is 6.42 Å². The first-order valence-corrected chi connectivity index (χ1v) is 11.8. The van der Waals surface area contributed by atoms with Gasteiger partial charge in [-0.2, -0.15) is 0 Å². The number of furan rings is 1. The lowest BCUT2D eigenvalue weighted by atomic mass is 9.76. The van der Waals surface area contributed by atoms with Crippen LogP contribution in [-0.4, -0.2) is 0 Å². The Bertz CT molecular complexity index is 1120. The lowest BCUT2D eigenvalue weighted by molar-refractivity contribution is 0.298. The van der Waals surface area contributed by atoms with Crippen molar-refractivity contribution in [1.82, 2.24) is 0 Å². The summed E-state index contributed by atoms with van der Waals surface area (Å²) in [5.74, 6) is -3.81. The van der Waals surface area contributed by atoms with Gasteiger partial charge in [-0.05, 0) is 73.6 Å². The number of halogens is 4. The molecule has 0 aliphatic heterocycles. The van der Waals surface area contributed by atoms with Gasteiger partial charge >= 0.3 is 0 Å².